The number of aliphatic carboxylic acids is 1. The SMILES string of the molecule is Cc1cc(C)c2[nH]c(=O)c(CN(CCO[C@@H]3O[C@H](CC(=O)O)[C@@H](O)C[C@H]3O)C(=O)Nc3ccccc3C(C)(C)C)cc2c1. The normalized spacial score (nSPS) is 20.6. The Balaban J connectivity index is 1.57. The van der Waals surface area contributed by atoms with Crippen molar-refractivity contribution >= 4 is 28.6 Å². The minimum absolute atomic E-state index is 0.0204. The van der Waals surface area contributed by atoms with E-state index in [-0.39, 0.29) is 37.1 Å². The number of para-hydroxylation sites is 1. The Morgan fingerprint density at radius 1 is 1.12 bits per heavy atom. The molecular weight excluding hydrogens is 554 g/mol. The molecule has 5 N–H and O–H groups in total. The number of carbonyl (C=O) groups excluding carboxylic acids is 1. The molecule has 0 radical (unpaired) electrons. The van der Waals surface area contributed by atoms with Gasteiger partial charge in [-0.1, -0.05) is 50.6 Å². The molecule has 2 heterocycles. The second-order valence-corrected chi connectivity index (χ2v) is 12.2. The van der Waals surface area contributed by atoms with Crippen LogP contribution in [0.1, 0.15) is 55.9 Å². The highest BCUT2D eigenvalue weighted by atomic mass is 16.7. The predicted molar refractivity (Wildman–Crippen MR) is 162 cm³/mol. The molecule has 11 nitrogen and oxygen atoms in total. The number of H-pyrrole nitrogens is 1. The molecule has 0 unspecified atom stereocenters. The van der Waals surface area contributed by atoms with E-state index < -0.39 is 43.0 Å². The molecule has 232 valence electrons. The van der Waals surface area contributed by atoms with Gasteiger partial charge in [-0.15, -0.1) is 0 Å². The maximum absolute atomic E-state index is 13.7. The zero-order valence-corrected chi connectivity index (χ0v) is 25.2. The minimum atomic E-state index is -1.19. The van der Waals surface area contributed by atoms with Crippen LogP contribution in [-0.4, -0.2) is 75.0 Å². The molecule has 1 aliphatic rings. The molecule has 2 aromatic carbocycles. The summed E-state index contributed by atoms with van der Waals surface area (Å²) in [5.74, 6) is -1.15. The van der Waals surface area contributed by atoms with Gasteiger partial charge in [-0.3, -0.25) is 9.59 Å². The Morgan fingerprint density at radius 2 is 1.84 bits per heavy atom. The monoisotopic (exact) mass is 595 g/mol. The van der Waals surface area contributed by atoms with Gasteiger partial charge in [0.05, 0.1) is 37.3 Å². The Labute approximate surface area is 250 Å². The van der Waals surface area contributed by atoms with Crippen molar-refractivity contribution in [2.24, 2.45) is 0 Å². The summed E-state index contributed by atoms with van der Waals surface area (Å²) in [6, 6.07) is 12.8. The van der Waals surface area contributed by atoms with E-state index in [4.69, 9.17) is 14.6 Å². The number of urea groups is 1. The summed E-state index contributed by atoms with van der Waals surface area (Å²) in [5, 5.41) is 33.5. The maximum Gasteiger partial charge on any atom is 0.322 e. The van der Waals surface area contributed by atoms with Crippen molar-refractivity contribution in [1.82, 2.24) is 9.88 Å². The fourth-order valence-electron chi connectivity index (χ4n) is 5.40. The Bertz CT molecular complexity index is 1530. The van der Waals surface area contributed by atoms with Crippen LogP contribution in [0, 0.1) is 13.8 Å². The van der Waals surface area contributed by atoms with Gasteiger partial charge < -0.3 is 40.0 Å². The third-order valence-corrected chi connectivity index (χ3v) is 7.55. The standard InChI is InChI=1S/C32H41N3O8/c1-18-12-19(2)28-20(13-18)14-21(29(40)34-28)17-35(31(41)33-23-9-7-6-8-22(23)32(3,4)5)10-11-42-30-25(37)15-24(36)26(43-30)16-27(38)39/h6-9,12-14,24-26,30,36-37H,10-11,15-17H2,1-5H3,(H,33,41)(H,34,40)(H,38,39)/t24-,25+,26+,30+/m0/s1. The number of carboxylic acid groups (broad SMARTS) is 1. The Hall–Kier alpha value is -3.77. The molecule has 2 amide bonds. The number of amides is 2. The first-order valence-corrected chi connectivity index (χ1v) is 14.4. The molecule has 0 saturated carbocycles. The van der Waals surface area contributed by atoms with Crippen LogP contribution in [0.25, 0.3) is 10.9 Å². The molecule has 11 heteroatoms. The summed E-state index contributed by atoms with van der Waals surface area (Å²) in [4.78, 5) is 42.4. The summed E-state index contributed by atoms with van der Waals surface area (Å²) in [7, 11) is 0. The van der Waals surface area contributed by atoms with Gasteiger partial charge in [0.25, 0.3) is 5.56 Å². The lowest BCUT2D eigenvalue weighted by Gasteiger charge is -2.36. The number of anilines is 1. The minimum Gasteiger partial charge on any atom is -0.481 e. The number of fused-ring (bicyclic) bond motifs is 1. The second-order valence-electron chi connectivity index (χ2n) is 12.2. The number of ether oxygens (including phenoxy) is 2. The molecule has 1 saturated heterocycles. The average molecular weight is 596 g/mol. The van der Waals surface area contributed by atoms with E-state index in [1.165, 1.54) is 4.90 Å². The van der Waals surface area contributed by atoms with Gasteiger partial charge in [0.15, 0.2) is 6.29 Å². The summed E-state index contributed by atoms with van der Waals surface area (Å²) < 4.78 is 11.3. The smallest absolute Gasteiger partial charge is 0.322 e. The number of pyridine rings is 1. The molecule has 4 rings (SSSR count). The van der Waals surface area contributed by atoms with E-state index in [1.54, 1.807) is 6.07 Å². The second kappa shape index (κ2) is 13.3. The van der Waals surface area contributed by atoms with Crippen molar-refractivity contribution in [1.29, 1.82) is 0 Å². The van der Waals surface area contributed by atoms with E-state index in [1.807, 2.05) is 71.0 Å². The Morgan fingerprint density at radius 3 is 2.53 bits per heavy atom. The number of carbonyl (C=O) groups is 2. The number of nitrogens with zero attached hydrogens (tertiary/aromatic N) is 1. The maximum atomic E-state index is 13.7. The van der Waals surface area contributed by atoms with Gasteiger partial charge >= 0.3 is 12.0 Å². The first-order chi connectivity index (χ1) is 20.2. The number of aromatic amines is 1. The number of aromatic nitrogens is 1. The zero-order valence-electron chi connectivity index (χ0n) is 25.2. The largest absolute Gasteiger partial charge is 0.481 e. The summed E-state index contributed by atoms with van der Waals surface area (Å²) >= 11 is 0. The van der Waals surface area contributed by atoms with E-state index in [0.717, 1.165) is 27.6 Å². The molecular formula is C32H41N3O8. The number of aryl methyl sites for hydroxylation is 2. The lowest BCUT2D eigenvalue weighted by atomic mass is 9.86. The molecule has 43 heavy (non-hydrogen) atoms. The van der Waals surface area contributed by atoms with Crippen molar-refractivity contribution in [2.75, 3.05) is 18.5 Å². The van der Waals surface area contributed by atoms with E-state index >= 15 is 0 Å². The van der Waals surface area contributed by atoms with Crippen molar-refractivity contribution in [3.63, 3.8) is 0 Å². The highest BCUT2D eigenvalue weighted by molar-refractivity contribution is 5.90. The number of benzene rings is 2. The lowest BCUT2D eigenvalue weighted by molar-refractivity contribution is -0.265. The van der Waals surface area contributed by atoms with Crippen molar-refractivity contribution in [3.05, 3.63) is 75.1 Å². The van der Waals surface area contributed by atoms with E-state index in [9.17, 15) is 24.6 Å². The molecule has 1 fully saturated rings. The molecule has 1 aliphatic heterocycles. The van der Waals surface area contributed by atoms with Gasteiger partial charge in [0.1, 0.15) is 6.10 Å². The molecule has 1 aromatic heterocycles. The van der Waals surface area contributed by atoms with Gasteiger partial charge in [-0.2, -0.15) is 0 Å². The fourth-order valence-corrected chi connectivity index (χ4v) is 5.40. The van der Waals surface area contributed by atoms with Crippen molar-refractivity contribution < 1.29 is 34.4 Å². The van der Waals surface area contributed by atoms with E-state index in [2.05, 4.69) is 10.3 Å². The van der Waals surface area contributed by atoms with Crippen LogP contribution in [-0.2, 0) is 26.2 Å². The number of hydrogen-bond donors (Lipinski definition) is 5. The molecule has 0 bridgehead atoms. The highest BCUT2D eigenvalue weighted by Crippen LogP contribution is 2.30. The van der Waals surface area contributed by atoms with Gasteiger partial charge in [-0.25, -0.2) is 4.79 Å². The predicted octanol–water partition coefficient (Wildman–Crippen LogP) is 3.80. The molecule has 0 spiro atoms. The third-order valence-electron chi connectivity index (χ3n) is 7.55. The Kier molecular flexibility index (Phi) is 9.91. The highest BCUT2D eigenvalue weighted by Gasteiger charge is 2.38. The van der Waals surface area contributed by atoms with E-state index in [0.29, 0.717) is 11.3 Å². The van der Waals surface area contributed by atoms with Crippen LogP contribution >= 0.6 is 0 Å². The van der Waals surface area contributed by atoms with Gasteiger partial charge in [0, 0.05) is 24.2 Å². The average Bonchev–Trinajstić information content (AvgIpc) is 2.90. The van der Waals surface area contributed by atoms with Crippen LogP contribution in [0.3, 0.4) is 0 Å². The van der Waals surface area contributed by atoms with Gasteiger partial charge in [-0.05, 0) is 54.0 Å². The number of carboxylic acids is 1. The number of nitrogens with one attached hydrogen (secondary N) is 2. The number of hydrogen-bond acceptors (Lipinski definition) is 7. The summed E-state index contributed by atoms with van der Waals surface area (Å²) in [5.41, 5.74) is 4.13. The first kappa shape index (κ1) is 32.2. The molecule has 0 aliphatic carbocycles. The summed E-state index contributed by atoms with van der Waals surface area (Å²) in [6.07, 6.45) is -5.11. The van der Waals surface area contributed by atoms with Crippen LogP contribution in [0.15, 0.2) is 47.3 Å². The fraction of sp³-hybridized carbons (Fsp3) is 0.469. The lowest BCUT2D eigenvalue weighted by Crippen LogP contribution is -2.49. The third kappa shape index (κ3) is 7.99. The van der Waals surface area contributed by atoms with Crippen LogP contribution in [0.5, 0.6) is 0 Å². The summed E-state index contributed by atoms with van der Waals surface area (Å²) in [6.45, 7) is 9.95. The van der Waals surface area contributed by atoms with Crippen molar-refractivity contribution in [2.45, 2.75) is 84.0 Å². The number of aliphatic hydroxyl groups excluding tert-OH is 2. The van der Waals surface area contributed by atoms with Crippen LogP contribution < -0.4 is 10.9 Å². The van der Waals surface area contributed by atoms with Crippen LogP contribution in [0.2, 0.25) is 0 Å². The topological polar surface area (TPSA) is 161 Å². The molecule has 4 atom stereocenters. The number of aliphatic hydroxyl groups is 2. The van der Waals surface area contributed by atoms with Gasteiger partial charge in [0.2, 0.25) is 0 Å². The zero-order chi connectivity index (χ0) is 31.5. The van der Waals surface area contributed by atoms with Crippen LogP contribution in [0.4, 0.5) is 10.5 Å². The first-order valence-electron chi connectivity index (χ1n) is 14.4. The van der Waals surface area contributed by atoms with Crippen molar-refractivity contribution in [3.8, 4) is 0 Å². The molecule has 3 aromatic rings. The number of rotatable bonds is 9. The quantitative estimate of drug-likeness (QED) is 0.250.